The lowest BCUT2D eigenvalue weighted by Crippen LogP contribution is -2.32. The van der Waals surface area contributed by atoms with E-state index in [4.69, 9.17) is 10.5 Å². The molecule has 1 unspecified atom stereocenters. The SMILES string of the molecule is COCCN(C)C(CN)c1ccc(Br)c(Br)c1. The molecule has 0 aliphatic rings. The quantitative estimate of drug-likeness (QED) is 0.842. The monoisotopic (exact) mass is 364 g/mol. The average molecular weight is 366 g/mol. The largest absolute Gasteiger partial charge is 0.383 e. The minimum Gasteiger partial charge on any atom is -0.383 e. The molecule has 0 aliphatic heterocycles. The molecular formula is C12H18Br2N2O. The van der Waals surface area contributed by atoms with Crippen molar-refractivity contribution >= 4 is 31.9 Å². The number of hydrogen-bond donors (Lipinski definition) is 1. The van der Waals surface area contributed by atoms with Gasteiger partial charge in [0.2, 0.25) is 0 Å². The zero-order chi connectivity index (χ0) is 12.8. The number of benzene rings is 1. The maximum atomic E-state index is 5.86. The molecule has 1 atom stereocenters. The Morgan fingerprint density at radius 1 is 1.35 bits per heavy atom. The Hall–Kier alpha value is 0.0600. The number of methoxy groups -OCH3 is 1. The third-order valence-corrected chi connectivity index (χ3v) is 4.61. The fraction of sp³-hybridized carbons (Fsp3) is 0.500. The van der Waals surface area contributed by atoms with Crippen LogP contribution < -0.4 is 5.73 Å². The van der Waals surface area contributed by atoms with Crippen molar-refractivity contribution in [1.82, 2.24) is 4.90 Å². The van der Waals surface area contributed by atoms with Gasteiger partial charge in [0, 0.05) is 35.2 Å². The van der Waals surface area contributed by atoms with E-state index in [9.17, 15) is 0 Å². The lowest BCUT2D eigenvalue weighted by molar-refractivity contribution is 0.140. The maximum absolute atomic E-state index is 5.86. The Labute approximate surface area is 120 Å². The van der Waals surface area contributed by atoms with E-state index < -0.39 is 0 Å². The summed E-state index contributed by atoms with van der Waals surface area (Å²) < 4.78 is 7.19. The number of halogens is 2. The zero-order valence-corrected chi connectivity index (χ0v) is 13.3. The molecule has 1 rings (SSSR count). The van der Waals surface area contributed by atoms with Crippen LogP contribution in [-0.2, 0) is 4.74 Å². The molecule has 0 bridgehead atoms. The molecule has 3 nitrogen and oxygen atoms in total. The van der Waals surface area contributed by atoms with Crippen LogP contribution in [-0.4, -0.2) is 38.8 Å². The van der Waals surface area contributed by atoms with Gasteiger partial charge in [0.15, 0.2) is 0 Å². The van der Waals surface area contributed by atoms with E-state index in [2.05, 4.69) is 55.9 Å². The standard InChI is InChI=1S/C12H18Br2N2O/c1-16(5-6-17-2)12(8-15)9-3-4-10(13)11(14)7-9/h3-4,7,12H,5-6,8,15H2,1-2H3. The molecule has 0 heterocycles. The Bertz CT molecular complexity index is 360. The van der Waals surface area contributed by atoms with Gasteiger partial charge in [-0.25, -0.2) is 0 Å². The highest BCUT2D eigenvalue weighted by Gasteiger charge is 2.15. The van der Waals surface area contributed by atoms with Gasteiger partial charge in [-0.3, -0.25) is 4.90 Å². The lowest BCUT2D eigenvalue weighted by Gasteiger charge is -2.27. The molecule has 5 heteroatoms. The number of nitrogens with zero attached hydrogens (tertiary/aromatic N) is 1. The van der Waals surface area contributed by atoms with Gasteiger partial charge in [0.25, 0.3) is 0 Å². The van der Waals surface area contributed by atoms with Crippen LogP contribution in [0.1, 0.15) is 11.6 Å². The van der Waals surface area contributed by atoms with Crippen molar-refractivity contribution in [2.45, 2.75) is 6.04 Å². The van der Waals surface area contributed by atoms with Crippen LogP contribution in [0.15, 0.2) is 27.1 Å². The molecule has 96 valence electrons. The summed E-state index contributed by atoms with van der Waals surface area (Å²) in [6, 6.07) is 6.45. The number of hydrogen-bond acceptors (Lipinski definition) is 3. The molecule has 0 aromatic heterocycles. The molecular weight excluding hydrogens is 348 g/mol. The van der Waals surface area contributed by atoms with Crippen LogP contribution in [0.3, 0.4) is 0 Å². The van der Waals surface area contributed by atoms with Gasteiger partial charge in [-0.1, -0.05) is 6.07 Å². The second kappa shape index (κ2) is 7.48. The molecule has 17 heavy (non-hydrogen) atoms. The molecule has 0 spiro atoms. The molecule has 0 amide bonds. The van der Waals surface area contributed by atoms with Crippen molar-refractivity contribution in [1.29, 1.82) is 0 Å². The van der Waals surface area contributed by atoms with Crippen molar-refractivity contribution < 1.29 is 4.74 Å². The van der Waals surface area contributed by atoms with E-state index in [0.29, 0.717) is 13.2 Å². The van der Waals surface area contributed by atoms with Crippen LogP contribution in [0.5, 0.6) is 0 Å². The maximum Gasteiger partial charge on any atom is 0.0589 e. The summed E-state index contributed by atoms with van der Waals surface area (Å²) in [6.45, 7) is 2.17. The van der Waals surface area contributed by atoms with Crippen molar-refractivity contribution in [2.75, 3.05) is 33.9 Å². The first-order chi connectivity index (χ1) is 8.10. The van der Waals surface area contributed by atoms with Gasteiger partial charge in [-0.15, -0.1) is 0 Å². The smallest absolute Gasteiger partial charge is 0.0589 e. The van der Waals surface area contributed by atoms with Crippen LogP contribution in [0.25, 0.3) is 0 Å². The summed E-state index contributed by atoms with van der Waals surface area (Å²) in [6.07, 6.45) is 0. The first-order valence-electron chi connectivity index (χ1n) is 5.44. The van der Waals surface area contributed by atoms with E-state index >= 15 is 0 Å². The second-order valence-corrected chi connectivity index (χ2v) is 5.61. The zero-order valence-electron chi connectivity index (χ0n) is 10.1. The number of likely N-dealkylation sites (N-methyl/N-ethyl adjacent to an activating group) is 1. The highest BCUT2D eigenvalue weighted by atomic mass is 79.9. The second-order valence-electron chi connectivity index (χ2n) is 3.90. The fourth-order valence-electron chi connectivity index (χ4n) is 1.68. The van der Waals surface area contributed by atoms with E-state index in [-0.39, 0.29) is 6.04 Å². The Morgan fingerprint density at radius 3 is 2.59 bits per heavy atom. The average Bonchev–Trinajstić information content (AvgIpc) is 2.32. The Balaban J connectivity index is 2.81. The van der Waals surface area contributed by atoms with Crippen molar-refractivity contribution in [3.63, 3.8) is 0 Å². The summed E-state index contributed by atoms with van der Waals surface area (Å²) in [5, 5.41) is 0. The summed E-state index contributed by atoms with van der Waals surface area (Å²) in [5.41, 5.74) is 7.07. The van der Waals surface area contributed by atoms with Gasteiger partial charge in [-0.05, 0) is 56.6 Å². The third kappa shape index (κ3) is 4.34. The van der Waals surface area contributed by atoms with Crippen molar-refractivity contribution in [3.8, 4) is 0 Å². The molecule has 0 radical (unpaired) electrons. The number of ether oxygens (including phenoxy) is 1. The Morgan fingerprint density at radius 2 is 2.06 bits per heavy atom. The van der Waals surface area contributed by atoms with Crippen molar-refractivity contribution in [2.24, 2.45) is 5.73 Å². The van der Waals surface area contributed by atoms with E-state index in [1.807, 2.05) is 6.07 Å². The molecule has 0 saturated heterocycles. The highest BCUT2D eigenvalue weighted by molar-refractivity contribution is 9.13. The molecule has 2 N–H and O–H groups in total. The van der Waals surface area contributed by atoms with Crippen LogP contribution in [0, 0.1) is 0 Å². The van der Waals surface area contributed by atoms with E-state index in [0.717, 1.165) is 15.5 Å². The minimum absolute atomic E-state index is 0.217. The fourth-order valence-corrected chi connectivity index (χ4v) is 2.32. The van der Waals surface area contributed by atoms with Gasteiger partial charge in [0.05, 0.1) is 6.61 Å². The summed E-state index contributed by atoms with van der Waals surface area (Å²) in [5.74, 6) is 0. The van der Waals surface area contributed by atoms with Gasteiger partial charge < -0.3 is 10.5 Å². The van der Waals surface area contributed by atoms with Gasteiger partial charge >= 0.3 is 0 Å². The predicted octanol–water partition coefficient (Wildman–Crippen LogP) is 2.79. The van der Waals surface area contributed by atoms with Crippen LogP contribution in [0.4, 0.5) is 0 Å². The minimum atomic E-state index is 0.217. The predicted molar refractivity (Wildman–Crippen MR) is 78.1 cm³/mol. The molecule has 0 aliphatic carbocycles. The molecule has 0 saturated carbocycles. The van der Waals surface area contributed by atoms with Crippen LogP contribution >= 0.6 is 31.9 Å². The lowest BCUT2D eigenvalue weighted by atomic mass is 10.1. The summed E-state index contributed by atoms with van der Waals surface area (Å²) in [7, 11) is 3.77. The third-order valence-electron chi connectivity index (χ3n) is 2.73. The van der Waals surface area contributed by atoms with Gasteiger partial charge in [0.1, 0.15) is 0 Å². The normalized spacial score (nSPS) is 13.1. The summed E-state index contributed by atoms with van der Waals surface area (Å²) >= 11 is 6.98. The highest BCUT2D eigenvalue weighted by Crippen LogP contribution is 2.28. The topological polar surface area (TPSA) is 38.5 Å². The van der Waals surface area contributed by atoms with Gasteiger partial charge in [-0.2, -0.15) is 0 Å². The Kier molecular flexibility index (Phi) is 6.66. The van der Waals surface area contributed by atoms with Crippen LogP contribution in [0.2, 0.25) is 0 Å². The molecule has 1 aromatic rings. The number of nitrogens with two attached hydrogens (primary N) is 1. The number of rotatable bonds is 6. The first kappa shape index (κ1) is 15.1. The van der Waals surface area contributed by atoms with Crippen molar-refractivity contribution in [3.05, 3.63) is 32.7 Å². The molecule has 0 fully saturated rings. The van der Waals surface area contributed by atoms with E-state index in [1.54, 1.807) is 7.11 Å². The molecule has 1 aromatic carbocycles. The first-order valence-corrected chi connectivity index (χ1v) is 7.03. The van der Waals surface area contributed by atoms with E-state index in [1.165, 1.54) is 5.56 Å². The summed E-state index contributed by atoms with van der Waals surface area (Å²) in [4.78, 5) is 2.21.